The molecule has 0 aliphatic carbocycles. The summed E-state index contributed by atoms with van der Waals surface area (Å²) in [5.41, 5.74) is 0.652. The van der Waals surface area contributed by atoms with E-state index in [-0.39, 0.29) is 26.1 Å². The fourth-order valence-electron chi connectivity index (χ4n) is 3.20. The lowest BCUT2D eigenvalue weighted by Crippen LogP contribution is -2.52. The Kier molecular flexibility index (Phi) is 11.5. The molecule has 0 heterocycles. The summed E-state index contributed by atoms with van der Waals surface area (Å²) in [5.74, 6) is -1.55. The Balaban J connectivity index is 3.15. The molecule has 3 amide bonds. The van der Waals surface area contributed by atoms with E-state index in [1.54, 1.807) is 45.9 Å². The molecule has 10 heteroatoms. The van der Waals surface area contributed by atoms with Gasteiger partial charge in [0, 0.05) is 13.1 Å². The van der Waals surface area contributed by atoms with Gasteiger partial charge in [0.05, 0.1) is 19.6 Å². The molecule has 0 fully saturated rings. The number of ether oxygens (including phenoxy) is 2. The van der Waals surface area contributed by atoms with Crippen LogP contribution in [0.1, 0.15) is 58.2 Å². The maximum absolute atomic E-state index is 13.3. The number of amides is 3. The maximum atomic E-state index is 13.3. The predicted molar refractivity (Wildman–Crippen MR) is 126 cm³/mol. The van der Waals surface area contributed by atoms with Gasteiger partial charge in [0.15, 0.2) is 0 Å². The number of aryl methyl sites for hydroxylation is 1. The summed E-state index contributed by atoms with van der Waals surface area (Å²) in [6.45, 7) is 9.82. The standard InChI is InChI=1S/C24H37N3O7/c1-7-33-19(29)11-12-25-21(30)20(18-10-8-9-16(2)15-18)27(13-14-28)22(31)17(3)26-23(32)34-24(4,5)6/h8-10,15,17,20,28H,7,11-14H2,1-6H3,(H,25,30)(H,26,32). The summed E-state index contributed by atoms with van der Waals surface area (Å²) in [6.07, 6.45) is -0.798. The lowest BCUT2D eigenvalue weighted by atomic mass is 10.0. The summed E-state index contributed by atoms with van der Waals surface area (Å²) in [4.78, 5) is 51.5. The Labute approximate surface area is 201 Å². The summed E-state index contributed by atoms with van der Waals surface area (Å²) >= 11 is 0. The van der Waals surface area contributed by atoms with Crippen molar-refractivity contribution in [3.8, 4) is 0 Å². The number of aliphatic hydroxyl groups excluding tert-OH is 1. The smallest absolute Gasteiger partial charge is 0.408 e. The van der Waals surface area contributed by atoms with Gasteiger partial charge < -0.3 is 30.1 Å². The van der Waals surface area contributed by atoms with Gasteiger partial charge in [0.25, 0.3) is 0 Å². The van der Waals surface area contributed by atoms with E-state index in [1.165, 1.54) is 11.8 Å². The first kappa shape index (κ1) is 28.9. The Morgan fingerprint density at radius 2 is 1.85 bits per heavy atom. The minimum atomic E-state index is -1.09. The lowest BCUT2D eigenvalue weighted by molar-refractivity contribution is -0.144. The maximum Gasteiger partial charge on any atom is 0.408 e. The van der Waals surface area contributed by atoms with Crippen molar-refractivity contribution in [2.75, 3.05) is 26.3 Å². The number of rotatable bonds is 11. The molecular weight excluding hydrogens is 442 g/mol. The first-order chi connectivity index (χ1) is 15.9. The second kappa shape index (κ2) is 13.5. The molecule has 0 saturated carbocycles. The number of benzene rings is 1. The number of nitrogens with zero attached hydrogens (tertiary/aromatic N) is 1. The molecule has 3 N–H and O–H groups in total. The van der Waals surface area contributed by atoms with Crippen LogP contribution in [-0.2, 0) is 23.9 Å². The summed E-state index contributed by atoms with van der Waals surface area (Å²) < 4.78 is 10.1. The molecule has 1 aromatic carbocycles. The molecule has 1 rings (SSSR count). The molecule has 1 aromatic rings. The highest BCUT2D eigenvalue weighted by atomic mass is 16.6. The van der Waals surface area contributed by atoms with Crippen molar-refractivity contribution in [1.82, 2.24) is 15.5 Å². The molecular formula is C24H37N3O7. The van der Waals surface area contributed by atoms with Crippen molar-refractivity contribution in [3.63, 3.8) is 0 Å². The zero-order chi connectivity index (χ0) is 25.9. The van der Waals surface area contributed by atoms with E-state index >= 15 is 0 Å². The topological polar surface area (TPSA) is 134 Å². The van der Waals surface area contributed by atoms with Gasteiger partial charge in [-0.1, -0.05) is 29.8 Å². The molecule has 0 bridgehead atoms. The van der Waals surface area contributed by atoms with Crippen molar-refractivity contribution in [3.05, 3.63) is 35.4 Å². The second-order valence-electron chi connectivity index (χ2n) is 8.79. The van der Waals surface area contributed by atoms with Crippen LogP contribution in [-0.4, -0.2) is 71.8 Å². The van der Waals surface area contributed by atoms with Crippen molar-refractivity contribution in [2.45, 2.75) is 65.6 Å². The van der Waals surface area contributed by atoms with Crippen molar-refractivity contribution < 1.29 is 33.8 Å². The zero-order valence-electron chi connectivity index (χ0n) is 20.8. The SMILES string of the molecule is CCOC(=O)CCNC(=O)C(c1cccc(C)c1)N(CCO)C(=O)C(C)NC(=O)OC(C)(C)C. The largest absolute Gasteiger partial charge is 0.466 e. The lowest BCUT2D eigenvalue weighted by Gasteiger charge is -2.33. The quantitative estimate of drug-likeness (QED) is 0.412. The zero-order valence-corrected chi connectivity index (χ0v) is 20.8. The average Bonchev–Trinajstić information content (AvgIpc) is 2.71. The average molecular weight is 480 g/mol. The minimum absolute atomic E-state index is 0.0207. The minimum Gasteiger partial charge on any atom is -0.466 e. The van der Waals surface area contributed by atoms with Gasteiger partial charge in [0.1, 0.15) is 17.7 Å². The third-order valence-electron chi connectivity index (χ3n) is 4.58. The van der Waals surface area contributed by atoms with Gasteiger partial charge in [-0.05, 0) is 47.1 Å². The Bertz CT molecular complexity index is 851. The summed E-state index contributed by atoms with van der Waals surface area (Å²) in [5, 5.41) is 14.8. The van der Waals surface area contributed by atoms with Gasteiger partial charge in [-0.2, -0.15) is 0 Å². The third-order valence-corrected chi connectivity index (χ3v) is 4.58. The van der Waals surface area contributed by atoms with Crippen molar-refractivity contribution in [1.29, 1.82) is 0 Å². The van der Waals surface area contributed by atoms with E-state index in [2.05, 4.69) is 10.6 Å². The number of alkyl carbamates (subject to hydrolysis) is 1. The monoisotopic (exact) mass is 479 g/mol. The Morgan fingerprint density at radius 3 is 2.41 bits per heavy atom. The number of aliphatic hydroxyl groups is 1. The molecule has 2 atom stereocenters. The third kappa shape index (κ3) is 9.78. The van der Waals surface area contributed by atoms with Crippen LogP contribution >= 0.6 is 0 Å². The van der Waals surface area contributed by atoms with Gasteiger partial charge >= 0.3 is 12.1 Å². The van der Waals surface area contributed by atoms with E-state index in [1.807, 2.05) is 13.0 Å². The van der Waals surface area contributed by atoms with Gasteiger partial charge in [-0.15, -0.1) is 0 Å². The van der Waals surface area contributed by atoms with Gasteiger partial charge in [-0.3, -0.25) is 14.4 Å². The Morgan fingerprint density at radius 1 is 1.18 bits per heavy atom. The highest BCUT2D eigenvalue weighted by molar-refractivity contribution is 5.92. The molecule has 190 valence electrons. The fraction of sp³-hybridized carbons (Fsp3) is 0.583. The highest BCUT2D eigenvalue weighted by Crippen LogP contribution is 2.23. The normalized spacial score (nSPS) is 12.8. The molecule has 0 radical (unpaired) electrons. The van der Waals surface area contributed by atoms with Gasteiger partial charge in [-0.25, -0.2) is 4.79 Å². The highest BCUT2D eigenvalue weighted by Gasteiger charge is 2.34. The molecule has 0 saturated heterocycles. The van der Waals surface area contributed by atoms with Crippen LogP contribution in [0.2, 0.25) is 0 Å². The summed E-state index contributed by atoms with van der Waals surface area (Å²) in [6, 6.07) is 4.95. The van der Waals surface area contributed by atoms with Crippen LogP contribution in [0.3, 0.4) is 0 Å². The molecule has 10 nitrogen and oxygen atoms in total. The van der Waals surface area contributed by atoms with Crippen LogP contribution in [0.15, 0.2) is 24.3 Å². The van der Waals surface area contributed by atoms with E-state index in [4.69, 9.17) is 9.47 Å². The Hall–Kier alpha value is -3.14. The number of nitrogens with one attached hydrogen (secondary N) is 2. The van der Waals surface area contributed by atoms with Crippen LogP contribution < -0.4 is 10.6 Å². The number of carbonyl (C=O) groups is 4. The van der Waals surface area contributed by atoms with Crippen molar-refractivity contribution >= 4 is 23.9 Å². The van der Waals surface area contributed by atoms with E-state index < -0.39 is 48.2 Å². The van der Waals surface area contributed by atoms with Crippen LogP contribution in [0, 0.1) is 6.92 Å². The number of hydrogen-bond acceptors (Lipinski definition) is 7. The van der Waals surface area contributed by atoms with Crippen LogP contribution in [0.4, 0.5) is 4.79 Å². The first-order valence-electron chi connectivity index (χ1n) is 11.3. The second-order valence-corrected chi connectivity index (χ2v) is 8.79. The van der Waals surface area contributed by atoms with Gasteiger partial charge in [0.2, 0.25) is 11.8 Å². The van der Waals surface area contributed by atoms with Crippen LogP contribution in [0.25, 0.3) is 0 Å². The molecule has 34 heavy (non-hydrogen) atoms. The van der Waals surface area contributed by atoms with E-state index in [0.717, 1.165) is 5.56 Å². The molecule has 0 aliphatic rings. The summed E-state index contributed by atoms with van der Waals surface area (Å²) in [7, 11) is 0. The first-order valence-corrected chi connectivity index (χ1v) is 11.3. The molecule has 2 unspecified atom stereocenters. The molecule has 0 spiro atoms. The predicted octanol–water partition coefficient (Wildman–Crippen LogP) is 1.84. The van der Waals surface area contributed by atoms with E-state index in [9.17, 15) is 24.3 Å². The fourth-order valence-corrected chi connectivity index (χ4v) is 3.20. The van der Waals surface area contributed by atoms with Crippen LogP contribution in [0.5, 0.6) is 0 Å². The van der Waals surface area contributed by atoms with E-state index in [0.29, 0.717) is 5.56 Å². The number of esters is 1. The molecule has 0 aromatic heterocycles. The number of hydrogen-bond donors (Lipinski definition) is 3. The van der Waals surface area contributed by atoms with Crippen molar-refractivity contribution in [2.24, 2.45) is 0 Å². The number of carbonyl (C=O) groups excluding carboxylic acids is 4. The molecule has 0 aliphatic heterocycles.